The number of fused-ring (bicyclic) bond motifs is 1. The summed E-state index contributed by atoms with van der Waals surface area (Å²) in [5.74, 6) is 0.482. The van der Waals surface area contributed by atoms with E-state index in [0.29, 0.717) is 18.8 Å². The number of amides is 2. The molecule has 1 unspecified atom stereocenters. The Morgan fingerprint density at radius 3 is 2.58 bits per heavy atom. The van der Waals surface area contributed by atoms with Crippen molar-refractivity contribution in [1.29, 1.82) is 0 Å². The van der Waals surface area contributed by atoms with Crippen LogP contribution in [0.3, 0.4) is 0 Å². The summed E-state index contributed by atoms with van der Waals surface area (Å²) in [7, 11) is -2.25. The number of anilines is 2. The van der Waals surface area contributed by atoms with Crippen LogP contribution in [-0.4, -0.2) is 66.4 Å². The fraction of sp³-hybridized carbons (Fsp3) is 0.231. The molecule has 2 aromatic heterocycles. The number of hydrogen-bond acceptors (Lipinski definition) is 7. The van der Waals surface area contributed by atoms with Crippen LogP contribution < -0.4 is 14.4 Å². The number of nitrogens with zero attached hydrogens (tertiary/aromatic N) is 5. The summed E-state index contributed by atoms with van der Waals surface area (Å²) >= 11 is 0. The standard InChI is InChI=1S/C26H26N6O5S.H2/c1-18(31-13-11-21-22(31)4-3-5-23(21)37-2)26(34)30-14-15-32(25(33)16-30)19-6-8-20(9-7-19)38(35,36)29-24-10-12-27-17-28-24;/h3-13,17-18H,14-16H2,1-2H3,(H,27,28,29);1H. The Morgan fingerprint density at radius 2 is 1.89 bits per heavy atom. The Kier molecular flexibility index (Phi) is 6.72. The number of carbonyl (C=O) groups is 2. The molecule has 11 nitrogen and oxygen atoms in total. The van der Waals surface area contributed by atoms with E-state index in [1.165, 1.54) is 30.7 Å². The normalized spacial score (nSPS) is 14.9. The van der Waals surface area contributed by atoms with Gasteiger partial charge in [0.25, 0.3) is 10.0 Å². The first-order chi connectivity index (χ1) is 18.3. The lowest BCUT2D eigenvalue weighted by Gasteiger charge is -2.35. The SMILES string of the molecule is COc1cccc2c1ccn2C(C)C(=O)N1CCN(c2ccc(S(=O)(=O)Nc3ccncn3)cc2)C(=O)C1.[HH]. The van der Waals surface area contributed by atoms with Crippen molar-refractivity contribution < 1.29 is 24.2 Å². The van der Waals surface area contributed by atoms with Crippen LogP contribution in [0.5, 0.6) is 5.75 Å². The Labute approximate surface area is 221 Å². The van der Waals surface area contributed by atoms with Crippen LogP contribution in [0.15, 0.2) is 78.2 Å². The molecule has 38 heavy (non-hydrogen) atoms. The predicted octanol–water partition coefficient (Wildman–Crippen LogP) is 2.92. The van der Waals surface area contributed by atoms with Crippen molar-refractivity contribution in [3.8, 4) is 5.75 Å². The molecule has 198 valence electrons. The van der Waals surface area contributed by atoms with Gasteiger partial charge in [0.15, 0.2) is 0 Å². The average molecular weight is 537 g/mol. The van der Waals surface area contributed by atoms with E-state index < -0.39 is 16.1 Å². The summed E-state index contributed by atoms with van der Waals surface area (Å²) in [4.78, 5) is 37.1. The summed E-state index contributed by atoms with van der Waals surface area (Å²) in [5.41, 5.74) is 1.43. The molecule has 0 bridgehead atoms. The van der Waals surface area contributed by atoms with Gasteiger partial charge in [-0.25, -0.2) is 18.4 Å². The Hall–Kier alpha value is -4.45. The smallest absolute Gasteiger partial charge is 0.263 e. The molecule has 0 radical (unpaired) electrons. The van der Waals surface area contributed by atoms with E-state index in [-0.39, 0.29) is 30.5 Å². The number of nitrogens with one attached hydrogen (secondary N) is 1. The number of hydrogen-bond donors (Lipinski definition) is 1. The maximum atomic E-state index is 13.3. The zero-order valence-corrected chi connectivity index (χ0v) is 21.6. The number of benzene rings is 2. The highest BCUT2D eigenvalue weighted by Crippen LogP contribution is 2.29. The number of piperazine rings is 1. The van der Waals surface area contributed by atoms with Crippen molar-refractivity contribution in [2.45, 2.75) is 17.9 Å². The lowest BCUT2D eigenvalue weighted by atomic mass is 10.2. The van der Waals surface area contributed by atoms with Crippen LogP contribution in [0.4, 0.5) is 11.5 Å². The zero-order chi connectivity index (χ0) is 26.9. The summed E-state index contributed by atoms with van der Waals surface area (Å²) in [6, 6.07) is 14.5. The fourth-order valence-electron chi connectivity index (χ4n) is 4.55. The van der Waals surface area contributed by atoms with E-state index in [4.69, 9.17) is 4.74 Å². The lowest BCUT2D eigenvalue weighted by Crippen LogP contribution is -2.53. The third-order valence-corrected chi connectivity index (χ3v) is 7.90. The van der Waals surface area contributed by atoms with Gasteiger partial charge in [-0.05, 0) is 55.5 Å². The molecule has 0 saturated carbocycles. The first-order valence-corrected chi connectivity index (χ1v) is 13.4. The van der Waals surface area contributed by atoms with Crippen molar-refractivity contribution in [2.75, 3.05) is 36.4 Å². The highest BCUT2D eigenvalue weighted by molar-refractivity contribution is 7.92. The second kappa shape index (κ2) is 10.1. The van der Waals surface area contributed by atoms with Gasteiger partial charge in [0, 0.05) is 38.0 Å². The molecule has 1 aliphatic rings. The van der Waals surface area contributed by atoms with Gasteiger partial charge in [-0.1, -0.05) is 6.07 Å². The second-order valence-corrected chi connectivity index (χ2v) is 10.5. The van der Waals surface area contributed by atoms with Crippen LogP contribution in [0.25, 0.3) is 10.9 Å². The number of rotatable bonds is 7. The lowest BCUT2D eigenvalue weighted by molar-refractivity contribution is -0.139. The van der Waals surface area contributed by atoms with Crippen molar-refractivity contribution in [3.05, 3.63) is 73.3 Å². The minimum atomic E-state index is -3.85. The number of aromatic nitrogens is 3. The van der Waals surface area contributed by atoms with Crippen LogP contribution in [0, 0.1) is 0 Å². The van der Waals surface area contributed by atoms with E-state index >= 15 is 0 Å². The average Bonchev–Trinajstić information content (AvgIpc) is 3.37. The molecule has 2 amide bonds. The molecule has 5 rings (SSSR count). The molecule has 1 N–H and O–H groups in total. The largest absolute Gasteiger partial charge is 0.496 e. The van der Waals surface area contributed by atoms with Gasteiger partial charge >= 0.3 is 0 Å². The molecule has 0 spiro atoms. The van der Waals surface area contributed by atoms with Crippen molar-refractivity contribution in [1.82, 2.24) is 19.4 Å². The Morgan fingerprint density at radius 1 is 1.11 bits per heavy atom. The molecular weight excluding hydrogens is 508 g/mol. The maximum Gasteiger partial charge on any atom is 0.263 e. The fourth-order valence-corrected chi connectivity index (χ4v) is 5.55. The van der Waals surface area contributed by atoms with Gasteiger partial charge < -0.3 is 19.1 Å². The number of methoxy groups -OCH3 is 1. The van der Waals surface area contributed by atoms with E-state index in [9.17, 15) is 18.0 Å². The van der Waals surface area contributed by atoms with Crippen LogP contribution in [-0.2, 0) is 19.6 Å². The van der Waals surface area contributed by atoms with Gasteiger partial charge in [-0.15, -0.1) is 0 Å². The van der Waals surface area contributed by atoms with Crippen molar-refractivity contribution in [2.24, 2.45) is 0 Å². The Balaban J connectivity index is 0.00000353. The first kappa shape index (κ1) is 25.2. The van der Waals surface area contributed by atoms with E-state index in [0.717, 1.165) is 16.7 Å². The molecule has 0 aliphatic carbocycles. The van der Waals surface area contributed by atoms with Gasteiger partial charge in [0.2, 0.25) is 11.8 Å². The summed E-state index contributed by atoms with van der Waals surface area (Å²) in [6.07, 6.45) is 4.53. The van der Waals surface area contributed by atoms with Crippen molar-refractivity contribution >= 4 is 44.2 Å². The van der Waals surface area contributed by atoms with Gasteiger partial charge in [-0.2, -0.15) is 0 Å². The molecule has 1 aliphatic heterocycles. The molecular formula is C26H28N6O5S. The molecule has 1 saturated heterocycles. The zero-order valence-electron chi connectivity index (χ0n) is 20.8. The topological polar surface area (TPSA) is 127 Å². The Bertz CT molecular complexity index is 1590. The molecule has 1 fully saturated rings. The highest BCUT2D eigenvalue weighted by Gasteiger charge is 2.31. The third-order valence-electron chi connectivity index (χ3n) is 6.53. The van der Waals surface area contributed by atoms with E-state index in [1.807, 2.05) is 42.0 Å². The number of ether oxygens (including phenoxy) is 1. The number of carbonyl (C=O) groups excluding carboxylic acids is 2. The summed E-state index contributed by atoms with van der Waals surface area (Å²) in [6.45, 7) is 2.39. The minimum Gasteiger partial charge on any atom is -0.496 e. The molecule has 12 heteroatoms. The van der Waals surface area contributed by atoms with Crippen LogP contribution in [0.2, 0.25) is 0 Å². The van der Waals surface area contributed by atoms with Crippen LogP contribution in [0.1, 0.15) is 14.4 Å². The van der Waals surface area contributed by atoms with Crippen LogP contribution >= 0.6 is 0 Å². The van der Waals surface area contributed by atoms with E-state index in [1.54, 1.807) is 29.0 Å². The summed E-state index contributed by atoms with van der Waals surface area (Å²) < 4.78 is 35.0. The molecule has 2 aromatic carbocycles. The molecule has 4 aromatic rings. The first-order valence-electron chi connectivity index (χ1n) is 11.9. The molecule has 3 heterocycles. The summed E-state index contributed by atoms with van der Waals surface area (Å²) in [5, 5.41) is 0.910. The third kappa shape index (κ3) is 4.77. The van der Waals surface area contributed by atoms with E-state index in [2.05, 4.69) is 14.7 Å². The van der Waals surface area contributed by atoms with Gasteiger partial charge in [0.1, 0.15) is 30.5 Å². The number of sulfonamides is 1. The highest BCUT2D eigenvalue weighted by atomic mass is 32.2. The van der Waals surface area contributed by atoms with Gasteiger partial charge in [-0.3, -0.25) is 14.3 Å². The monoisotopic (exact) mass is 536 g/mol. The second-order valence-electron chi connectivity index (χ2n) is 8.79. The maximum absolute atomic E-state index is 13.3. The van der Waals surface area contributed by atoms with Gasteiger partial charge in [0.05, 0.1) is 17.5 Å². The molecule has 1 atom stereocenters. The van der Waals surface area contributed by atoms with Crippen molar-refractivity contribution in [3.63, 3.8) is 0 Å². The predicted molar refractivity (Wildman–Crippen MR) is 144 cm³/mol. The minimum absolute atomic E-state index is 0. The quantitative estimate of drug-likeness (QED) is 0.385.